The maximum absolute atomic E-state index is 13.0. The lowest BCUT2D eigenvalue weighted by molar-refractivity contribution is -0.143. The van der Waals surface area contributed by atoms with Crippen LogP contribution in [0.5, 0.6) is 0 Å². The molecule has 0 saturated heterocycles. The van der Waals surface area contributed by atoms with Crippen molar-refractivity contribution in [3.05, 3.63) is 68.8 Å². The summed E-state index contributed by atoms with van der Waals surface area (Å²) in [5.74, 6) is -1.47. The minimum atomic E-state index is -5.10. The average molecular weight is 445 g/mol. The zero-order valence-corrected chi connectivity index (χ0v) is 15.8. The summed E-state index contributed by atoms with van der Waals surface area (Å²) in [5.41, 5.74) is -3.99. The van der Waals surface area contributed by atoms with E-state index in [9.17, 15) is 35.9 Å². The van der Waals surface area contributed by atoms with Crippen LogP contribution < -0.4 is 10.9 Å². The number of halogens is 6. The molecule has 0 saturated carbocycles. The SMILES string of the molecule is Cc1cc(=O)[nH]c(-n2nc(C)cc2NC(=O)c2cc(C(F)(F)F)cc(C(F)(F)F)c2)n1. The van der Waals surface area contributed by atoms with E-state index in [0.717, 1.165) is 4.68 Å². The van der Waals surface area contributed by atoms with Gasteiger partial charge in [-0.3, -0.25) is 14.6 Å². The van der Waals surface area contributed by atoms with Crippen molar-refractivity contribution in [2.45, 2.75) is 26.2 Å². The molecule has 3 aromatic rings. The third kappa shape index (κ3) is 4.92. The number of aromatic nitrogens is 4. The molecule has 164 valence electrons. The first-order valence-corrected chi connectivity index (χ1v) is 8.50. The first-order chi connectivity index (χ1) is 14.2. The van der Waals surface area contributed by atoms with Gasteiger partial charge in [-0.15, -0.1) is 0 Å². The lowest BCUT2D eigenvalue weighted by atomic mass is 10.0. The smallest absolute Gasteiger partial charge is 0.306 e. The number of nitrogens with zero attached hydrogens (tertiary/aromatic N) is 3. The van der Waals surface area contributed by atoms with Crippen molar-refractivity contribution in [2.24, 2.45) is 0 Å². The normalized spacial score (nSPS) is 12.1. The van der Waals surface area contributed by atoms with Gasteiger partial charge in [-0.25, -0.2) is 4.98 Å². The van der Waals surface area contributed by atoms with E-state index in [0.29, 0.717) is 23.5 Å². The molecule has 0 bridgehead atoms. The van der Waals surface area contributed by atoms with Gasteiger partial charge in [-0.1, -0.05) is 0 Å². The molecule has 2 heterocycles. The summed E-state index contributed by atoms with van der Waals surface area (Å²) in [7, 11) is 0. The van der Waals surface area contributed by atoms with Crippen molar-refractivity contribution in [3.8, 4) is 5.95 Å². The summed E-state index contributed by atoms with van der Waals surface area (Å²) in [6.07, 6.45) is -10.2. The Morgan fingerprint density at radius 3 is 2.03 bits per heavy atom. The average Bonchev–Trinajstić information content (AvgIpc) is 2.99. The summed E-state index contributed by atoms with van der Waals surface area (Å²) in [4.78, 5) is 30.6. The number of H-pyrrole nitrogens is 1. The van der Waals surface area contributed by atoms with Gasteiger partial charge in [0.2, 0.25) is 5.95 Å². The van der Waals surface area contributed by atoms with Gasteiger partial charge in [0.1, 0.15) is 5.82 Å². The summed E-state index contributed by atoms with van der Waals surface area (Å²) < 4.78 is 79.2. The topological polar surface area (TPSA) is 92.7 Å². The Labute approximate surface area is 169 Å². The molecule has 7 nitrogen and oxygen atoms in total. The van der Waals surface area contributed by atoms with Crippen LogP contribution in [0.3, 0.4) is 0 Å². The molecule has 0 aliphatic rings. The van der Waals surface area contributed by atoms with Gasteiger partial charge in [-0.2, -0.15) is 36.1 Å². The highest BCUT2D eigenvalue weighted by atomic mass is 19.4. The maximum atomic E-state index is 13.0. The molecule has 3 rings (SSSR count). The lowest BCUT2D eigenvalue weighted by Crippen LogP contribution is -2.20. The van der Waals surface area contributed by atoms with Crippen molar-refractivity contribution in [2.75, 3.05) is 5.32 Å². The van der Waals surface area contributed by atoms with E-state index in [-0.39, 0.29) is 17.8 Å². The van der Waals surface area contributed by atoms with E-state index >= 15 is 0 Å². The van der Waals surface area contributed by atoms with Crippen molar-refractivity contribution in [1.82, 2.24) is 19.7 Å². The number of hydrogen-bond donors (Lipinski definition) is 2. The minimum absolute atomic E-state index is 0.0768. The summed E-state index contributed by atoms with van der Waals surface area (Å²) in [6, 6.07) is 3.04. The molecule has 31 heavy (non-hydrogen) atoms. The van der Waals surface area contributed by atoms with Crippen LogP contribution in [0.2, 0.25) is 0 Å². The van der Waals surface area contributed by atoms with Crippen LogP contribution in [0.1, 0.15) is 32.9 Å². The highest BCUT2D eigenvalue weighted by molar-refractivity contribution is 6.04. The number of carbonyl (C=O) groups excluding carboxylic acids is 1. The molecule has 0 aliphatic carbocycles. The molecule has 1 aromatic carbocycles. The van der Waals surface area contributed by atoms with Gasteiger partial charge in [-0.05, 0) is 32.0 Å². The predicted molar refractivity (Wildman–Crippen MR) is 95.9 cm³/mol. The Kier molecular flexibility index (Phi) is 5.38. The number of aryl methyl sites for hydroxylation is 2. The zero-order chi connectivity index (χ0) is 23.1. The maximum Gasteiger partial charge on any atom is 0.416 e. The summed E-state index contributed by atoms with van der Waals surface area (Å²) >= 11 is 0. The van der Waals surface area contributed by atoms with Crippen LogP contribution in [0.4, 0.5) is 32.2 Å². The fourth-order valence-corrected chi connectivity index (χ4v) is 2.69. The second-order valence-corrected chi connectivity index (χ2v) is 6.54. The Balaban J connectivity index is 2.04. The number of amides is 1. The van der Waals surface area contributed by atoms with Gasteiger partial charge in [0, 0.05) is 23.4 Å². The number of anilines is 1. The number of aromatic amines is 1. The highest BCUT2D eigenvalue weighted by Crippen LogP contribution is 2.36. The van der Waals surface area contributed by atoms with Gasteiger partial charge < -0.3 is 5.32 Å². The predicted octanol–water partition coefficient (Wildman–Crippen LogP) is 3.86. The van der Waals surface area contributed by atoms with E-state index in [1.165, 1.54) is 26.0 Å². The Hall–Kier alpha value is -3.64. The van der Waals surface area contributed by atoms with Crippen LogP contribution in [-0.2, 0) is 12.4 Å². The molecule has 0 aliphatic heterocycles. The fourth-order valence-electron chi connectivity index (χ4n) is 2.69. The molecular weight excluding hydrogens is 432 g/mol. The Morgan fingerprint density at radius 1 is 0.935 bits per heavy atom. The minimum Gasteiger partial charge on any atom is -0.306 e. The molecule has 2 aromatic heterocycles. The largest absolute Gasteiger partial charge is 0.416 e. The highest BCUT2D eigenvalue weighted by Gasteiger charge is 2.37. The van der Waals surface area contributed by atoms with Crippen LogP contribution in [-0.4, -0.2) is 25.7 Å². The summed E-state index contributed by atoms with van der Waals surface area (Å²) in [5, 5.41) is 6.24. The van der Waals surface area contributed by atoms with E-state index in [1.54, 1.807) is 0 Å². The molecule has 0 unspecified atom stereocenters. The molecule has 13 heteroatoms. The first-order valence-electron chi connectivity index (χ1n) is 8.50. The van der Waals surface area contributed by atoms with Crippen molar-refractivity contribution >= 4 is 11.7 Å². The number of nitrogens with one attached hydrogen (secondary N) is 2. The second-order valence-electron chi connectivity index (χ2n) is 6.54. The van der Waals surface area contributed by atoms with Gasteiger partial charge in [0.25, 0.3) is 11.5 Å². The number of hydrogen-bond acceptors (Lipinski definition) is 4. The Bertz CT molecular complexity index is 1180. The summed E-state index contributed by atoms with van der Waals surface area (Å²) in [6.45, 7) is 3.04. The standard InChI is InChI=1S/C18H13F6N5O2/c1-8-4-14(30)27-16(25-8)29-13(3-9(2)28-29)26-15(31)10-5-11(17(19,20)21)7-12(6-10)18(22,23)24/h3-7H,1-2H3,(H,26,31)(H,25,27,30). The molecule has 0 spiro atoms. The third-order valence-electron chi connectivity index (χ3n) is 3.98. The molecule has 0 atom stereocenters. The number of rotatable bonds is 3. The van der Waals surface area contributed by atoms with Crippen molar-refractivity contribution < 1.29 is 31.1 Å². The third-order valence-corrected chi connectivity index (χ3v) is 3.98. The second kappa shape index (κ2) is 7.56. The van der Waals surface area contributed by atoms with E-state index in [4.69, 9.17) is 0 Å². The van der Waals surface area contributed by atoms with Crippen LogP contribution in [0.25, 0.3) is 5.95 Å². The van der Waals surface area contributed by atoms with Crippen LogP contribution >= 0.6 is 0 Å². The molecule has 0 radical (unpaired) electrons. The van der Waals surface area contributed by atoms with Gasteiger partial charge >= 0.3 is 12.4 Å². The van der Waals surface area contributed by atoms with Crippen molar-refractivity contribution in [3.63, 3.8) is 0 Å². The molecule has 2 N–H and O–H groups in total. The first kappa shape index (κ1) is 22.1. The van der Waals surface area contributed by atoms with Crippen LogP contribution in [0, 0.1) is 13.8 Å². The quantitative estimate of drug-likeness (QED) is 0.599. The molecular formula is C18H13F6N5O2. The monoisotopic (exact) mass is 445 g/mol. The van der Waals surface area contributed by atoms with Gasteiger partial charge in [0.15, 0.2) is 0 Å². The molecule has 0 fully saturated rings. The van der Waals surface area contributed by atoms with E-state index < -0.39 is 40.5 Å². The van der Waals surface area contributed by atoms with Crippen molar-refractivity contribution in [1.29, 1.82) is 0 Å². The number of benzene rings is 1. The number of alkyl halides is 6. The fraction of sp³-hybridized carbons (Fsp3) is 0.222. The van der Waals surface area contributed by atoms with E-state index in [2.05, 4.69) is 20.4 Å². The Morgan fingerprint density at radius 2 is 1.52 bits per heavy atom. The number of carbonyl (C=O) groups is 1. The van der Waals surface area contributed by atoms with Gasteiger partial charge in [0.05, 0.1) is 16.8 Å². The van der Waals surface area contributed by atoms with Crippen LogP contribution in [0.15, 0.2) is 35.1 Å². The molecule has 1 amide bonds. The lowest BCUT2D eigenvalue weighted by Gasteiger charge is -2.14. The zero-order valence-electron chi connectivity index (χ0n) is 15.8. The van der Waals surface area contributed by atoms with E-state index in [1.807, 2.05) is 0 Å².